The van der Waals surface area contributed by atoms with E-state index in [1.165, 1.54) is 9.80 Å². The largest absolute Gasteiger partial charge is 0.270 e. The van der Waals surface area contributed by atoms with Crippen molar-refractivity contribution in [3.63, 3.8) is 0 Å². The lowest BCUT2D eigenvalue weighted by Gasteiger charge is -2.26. The van der Waals surface area contributed by atoms with E-state index in [4.69, 9.17) is 0 Å². The van der Waals surface area contributed by atoms with Crippen molar-refractivity contribution in [3.05, 3.63) is 228 Å². The molecule has 9 aromatic rings. The number of carbonyl (C=O) groups is 4. The van der Waals surface area contributed by atoms with Crippen LogP contribution in [0.25, 0.3) is 43.1 Å². The van der Waals surface area contributed by atoms with Crippen molar-refractivity contribution >= 4 is 66.7 Å². The van der Waals surface area contributed by atoms with Gasteiger partial charge in [0.25, 0.3) is 23.6 Å². The summed E-state index contributed by atoms with van der Waals surface area (Å²) in [6, 6.07) is 59.7. The maximum Gasteiger partial charge on any atom is 0.262 e. The molecule has 6 heteroatoms. The Morgan fingerprint density at radius 2 is 0.586 bits per heavy atom. The number of imide groups is 2. The molecule has 0 spiro atoms. The summed E-state index contributed by atoms with van der Waals surface area (Å²) in [6.45, 7) is 0.0465. The number of hydrogen-bond acceptors (Lipinski definition) is 4. The molecule has 0 bridgehead atoms. The van der Waals surface area contributed by atoms with E-state index < -0.39 is 23.6 Å². The van der Waals surface area contributed by atoms with Gasteiger partial charge in [-0.2, -0.15) is 0 Å². The van der Waals surface area contributed by atoms with Gasteiger partial charge in [0.15, 0.2) is 0 Å². The van der Waals surface area contributed by atoms with Gasteiger partial charge in [-0.1, -0.05) is 182 Å². The van der Waals surface area contributed by atoms with Gasteiger partial charge in [-0.15, -0.1) is 0 Å². The summed E-state index contributed by atoms with van der Waals surface area (Å²) >= 11 is 0. The summed E-state index contributed by atoms with van der Waals surface area (Å²) in [5.41, 5.74) is 2.98. The lowest BCUT2D eigenvalue weighted by Crippen LogP contribution is -2.38. The van der Waals surface area contributed by atoms with Gasteiger partial charge in [0.2, 0.25) is 0 Å². The number of amides is 4. The van der Waals surface area contributed by atoms with Crippen molar-refractivity contribution in [2.24, 2.45) is 0 Å². The van der Waals surface area contributed by atoms with Crippen LogP contribution < -0.4 is 0 Å². The highest BCUT2D eigenvalue weighted by atomic mass is 16.2. The second kappa shape index (κ2) is 15.4. The standard InChI is InChI=1S/C52H36N2O4/c55-49(45-31-15-23-37-21-7-9-25-39(37)45)53(33-35-17-3-1-4-18-35)51(57)47-41-27-11-13-29-43(41)48(44-30-14-12-28-42(44)47)52(58)54(34-36-19-5-2-6-20-36)50(56)46-32-16-24-38-22-8-10-26-40(38)46/h1-32H,33-34H2. The third-order valence-electron chi connectivity index (χ3n) is 10.7. The molecule has 278 valence electrons. The predicted molar refractivity (Wildman–Crippen MR) is 231 cm³/mol. The summed E-state index contributed by atoms with van der Waals surface area (Å²) in [4.78, 5) is 62.9. The molecule has 0 aliphatic rings. The smallest absolute Gasteiger partial charge is 0.262 e. The molecular weight excluding hydrogens is 717 g/mol. The molecule has 0 aliphatic carbocycles. The first-order chi connectivity index (χ1) is 28.5. The van der Waals surface area contributed by atoms with Crippen LogP contribution in [0.15, 0.2) is 194 Å². The van der Waals surface area contributed by atoms with Crippen molar-refractivity contribution in [3.8, 4) is 0 Å². The second-order valence-electron chi connectivity index (χ2n) is 14.3. The maximum absolute atomic E-state index is 15.4. The fourth-order valence-electron chi connectivity index (χ4n) is 7.98. The zero-order valence-electron chi connectivity index (χ0n) is 31.4. The maximum atomic E-state index is 15.4. The minimum Gasteiger partial charge on any atom is -0.270 e. The molecule has 0 aromatic heterocycles. The van der Waals surface area contributed by atoms with E-state index in [9.17, 15) is 9.59 Å². The molecule has 0 unspecified atom stereocenters. The lowest BCUT2D eigenvalue weighted by molar-refractivity contribution is 0.0590. The molecule has 0 saturated carbocycles. The van der Waals surface area contributed by atoms with Gasteiger partial charge in [0.05, 0.1) is 24.2 Å². The lowest BCUT2D eigenvalue weighted by atomic mass is 9.90. The monoisotopic (exact) mass is 752 g/mol. The van der Waals surface area contributed by atoms with Crippen LogP contribution in [-0.2, 0) is 13.1 Å². The van der Waals surface area contributed by atoms with Crippen LogP contribution in [0, 0.1) is 0 Å². The number of fused-ring (bicyclic) bond motifs is 4. The van der Waals surface area contributed by atoms with E-state index in [-0.39, 0.29) is 13.1 Å². The van der Waals surface area contributed by atoms with Crippen LogP contribution >= 0.6 is 0 Å². The minimum absolute atomic E-state index is 0.0233. The molecule has 58 heavy (non-hydrogen) atoms. The van der Waals surface area contributed by atoms with Crippen LogP contribution in [0.4, 0.5) is 0 Å². The van der Waals surface area contributed by atoms with Gasteiger partial charge in [-0.3, -0.25) is 29.0 Å². The number of nitrogens with zero attached hydrogens (tertiary/aromatic N) is 2. The highest BCUT2D eigenvalue weighted by Gasteiger charge is 2.33. The van der Waals surface area contributed by atoms with Crippen LogP contribution in [-0.4, -0.2) is 33.4 Å². The van der Waals surface area contributed by atoms with Crippen molar-refractivity contribution in [2.75, 3.05) is 0 Å². The Morgan fingerprint density at radius 3 is 0.948 bits per heavy atom. The van der Waals surface area contributed by atoms with Crippen molar-refractivity contribution < 1.29 is 19.2 Å². The topological polar surface area (TPSA) is 74.8 Å². The fraction of sp³-hybridized carbons (Fsp3) is 0.0385. The molecule has 9 rings (SSSR count). The molecule has 0 atom stereocenters. The summed E-state index contributed by atoms with van der Waals surface area (Å²) < 4.78 is 0. The summed E-state index contributed by atoms with van der Waals surface area (Å²) in [7, 11) is 0. The molecule has 9 aromatic carbocycles. The van der Waals surface area contributed by atoms with E-state index >= 15 is 9.59 Å². The Balaban J connectivity index is 1.23. The van der Waals surface area contributed by atoms with E-state index in [0.717, 1.165) is 32.7 Å². The van der Waals surface area contributed by atoms with E-state index in [1.54, 1.807) is 12.1 Å². The number of hydrogen-bond donors (Lipinski definition) is 0. The zero-order valence-corrected chi connectivity index (χ0v) is 31.4. The molecule has 0 radical (unpaired) electrons. The first kappa shape index (κ1) is 36.0. The summed E-state index contributed by atoms with van der Waals surface area (Å²) in [6.07, 6.45) is 0. The Kier molecular flexibility index (Phi) is 9.58. The summed E-state index contributed by atoms with van der Waals surface area (Å²) in [5.74, 6) is -1.87. The predicted octanol–water partition coefficient (Wildman–Crippen LogP) is 11.3. The molecule has 0 aliphatic heterocycles. The summed E-state index contributed by atoms with van der Waals surface area (Å²) in [5, 5.41) is 5.24. The average Bonchev–Trinajstić information content (AvgIpc) is 3.28. The molecule has 0 heterocycles. The van der Waals surface area contributed by atoms with E-state index in [1.807, 2.05) is 182 Å². The Labute approximate surface area is 335 Å². The number of rotatable bonds is 8. The van der Waals surface area contributed by atoms with Crippen molar-refractivity contribution in [1.82, 2.24) is 9.80 Å². The van der Waals surface area contributed by atoms with Gasteiger partial charge in [0.1, 0.15) is 0 Å². The van der Waals surface area contributed by atoms with Gasteiger partial charge in [-0.25, -0.2) is 0 Å². The zero-order chi connectivity index (χ0) is 39.6. The molecule has 0 fully saturated rings. The van der Waals surface area contributed by atoms with Gasteiger partial charge >= 0.3 is 0 Å². The minimum atomic E-state index is -0.499. The third-order valence-corrected chi connectivity index (χ3v) is 10.7. The van der Waals surface area contributed by atoms with Crippen LogP contribution in [0.5, 0.6) is 0 Å². The van der Waals surface area contributed by atoms with E-state index in [0.29, 0.717) is 43.8 Å². The number of benzene rings is 9. The van der Waals surface area contributed by atoms with Gasteiger partial charge in [0, 0.05) is 11.1 Å². The SMILES string of the molecule is O=C(c1cccc2ccccc12)N(Cc1ccccc1)C(=O)c1c2ccccc2c(C(=O)N(Cc2ccccc2)C(=O)c2cccc3ccccc23)c2ccccc12. The molecule has 0 saturated heterocycles. The average molecular weight is 753 g/mol. The fourth-order valence-corrected chi connectivity index (χ4v) is 7.98. The molecule has 0 N–H and O–H groups in total. The third kappa shape index (κ3) is 6.56. The molecule has 4 amide bonds. The molecular formula is C52H36N2O4. The van der Waals surface area contributed by atoms with Crippen molar-refractivity contribution in [2.45, 2.75) is 13.1 Å². The van der Waals surface area contributed by atoms with Crippen LogP contribution in [0.1, 0.15) is 52.6 Å². The van der Waals surface area contributed by atoms with Gasteiger partial charge in [-0.05, 0) is 66.3 Å². The first-order valence-corrected chi connectivity index (χ1v) is 19.2. The Bertz CT molecular complexity index is 2780. The number of carbonyl (C=O) groups excluding carboxylic acids is 4. The Morgan fingerprint density at radius 1 is 0.293 bits per heavy atom. The highest BCUT2D eigenvalue weighted by Crippen LogP contribution is 2.36. The van der Waals surface area contributed by atoms with Crippen LogP contribution in [0.2, 0.25) is 0 Å². The normalized spacial score (nSPS) is 11.2. The molecule has 6 nitrogen and oxygen atoms in total. The van der Waals surface area contributed by atoms with Crippen molar-refractivity contribution in [1.29, 1.82) is 0 Å². The van der Waals surface area contributed by atoms with E-state index in [2.05, 4.69) is 0 Å². The van der Waals surface area contributed by atoms with Crippen LogP contribution in [0.3, 0.4) is 0 Å². The van der Waals surface area contributed by atoms with Gasteiger partial charge < -0.3 is 0 Å². The quantitative estimate of drug-likeness (QED) is 0.114. The highest BCUT2D eigenvalue weighted by molar-refractivity contribution is 6.30. The first-order valence-electron chi connectivity index (χ1n) is 19.2. The second-order valence-corrected chi connectivity index (χ2v) is 14.3. The Hall–Kier alpha value is -7.70.